The van der Waals surface area contributed by atoms with E-state index in [0.717, 1.165) is 0 Å². The molecule has 0 radical (unpaired) electrons. The molecule has 0 amide bonds. The largest absolute Gasteiger partial charge is 0.497 e. The van der Waals surface area contributed by atoms with Crippen molar-refractivity contribution in [3.05, 3.63) is 57.8 Å². The highest BCUT2D eigenvalue weighted by Gasteiger charge is 2.19. The van der Waals surface area contributed by atoms with E-state index in [4.69, 9.17) is 9.47 Å². The molecular weight excluding hydrogens is 327 g/mol. The summed E-state index contributed by atoms with van der Waals surface area (Å²) in [6.45, 7) is 0. The van der Waals surface area contributed by atoms with E-state index in [9.17, 15) is 9.18 Å². The van der Waals surface area contributed by atoms with Crippen molar-refractivity contribution in [1.82, 2.24) is 0 Å². The summed E-state index contributed by atoms with van der Waals surface area (Å²) in [5.74, 6) is 0.154. The summed E-state index contributed by atoms with van der Waals surface area (Å²) in [7, 11) is 2.99. The molecule has 2 aromatic carbocycles. The molecule has 3 nitrogen and oxygen atoms in total. The number of carbonyl (C=O) groups is 1. The molecule has 0 aliphatic rings. The van der Waals surface area contributed by atoms with Gasteiger partial charge in [-0.15, -0.1) is 0 Å². The third-order valence-corrected chi connectivity index (χ3v) is 3.66. The van der Waals surface area contributed by atoms with Gasteiger partial charge in [0, 0.05) is 11.6 Å². The molecule has 0 unspecified atom stereocenters. The minimum atomic E-state index is -0.483. The number of benzene rings is 2. The van der Waals surface area contributed by atoms with Crippen LogP contribution >= 0.6 is 15.9 Å². The van der Waals surface area contributed by atoms with Crippen LogP contribution in [0.4, 0.5) is 4.39 Å². The van der Waals surface area contributed by atoms with Crippen LogP contribution in [0.3, 0.4) is 0 Å². The first-order valence-electron chi connectivity index (χ1n) is 5.79. The lowest BCUT2D eigenvalue weighted by Gasteiger charge is -2.10. The highest BCUT2D eigenvalue weighted by atomic mass is 79.9. The molecule has 0 bridgehead atoms. The Bertz CT molecular complexity index is 656. The molecular formula is C15H12BrFO3. The number of ketones is 1. The van der Waals surface area contributed by atoms with E-state index in [2.05, 4.69) is 15.9 Å². The quantitative estimate of drug-likeness (QED) is 0.794. The zero-order valence-electron chi connectivity index (χ0n) is 10.9. The first kappa shape index (κ1) is 14.5. The van der Waals surface area contributed by atoms with Crippen molar-refractivity contribution in [2.45, 2.75) is 0 Å². The third kappa shape index (κ3) is 2.67. The van der Waals surface area contributed by atoms with Gasteiger partial charge < -0.3 is 9.47 Å². The van der Waals surface area contributed by atoms with Gasteiger partial charge in [-0.2, -0.15) is 0 Å². The molecule has 0 atom stereocenters. The zero-order chi connectivity index (χ0) is 14.7. The molecule has 0 aliphatic carbocycles. The predicted octanol–water partition coefficient (Wildman–Crippen LogP) is 3.84. The summed E-state index contributed by atoms with van der Waals surface area (Å²) in [4.78, 5) is 12.5. The van der Waals surface area contributed by atoms with E-state index < -0.39 is 5.82 Å². The van der Waals surface area contributed by atoms with Crippen LogP contribution in [0.2, 0.25) is 0 Å². The lowest BCUT2D eigenvalue weighted by atomic mass is 10.0. The van der Waals surface area contributed by atoms with Crippen molar-refractivity contribution in [3.8, 4) is 11.5 Å². The maximum atomic E-state index is 13.5. The molecule has 0 spiro atoms. The summed E-state index contributed by atoms with van der Waals surface area (Å²) < 4.78 is 23.9. The molecule has 104 valence electrons. The minimum Gasteiger partial charge on any atom is -0.497 e. The number of halogens is 2. The molecule has 0 aliphatic heterocycles. The lowest BCUT2D eigenvalue weighted by molar-refractivity contribution is 0.103. The Morgan fingerprint density at radius 1 is 1.10 bits per heavy atom. The third-order valence-electron chi connectivity index (χ3n) is 2.85. The Balaban J connectivity index is 2.50. The van der Waals surface area contributed by atoms with Crippen molar-refractivity contribution >= 4 is 21.7 Å². The minimum absolute atomic E-state index is 0.142. The normalized spacial score (nSPS) is 10.2. The molecule has 0 heterocycles. The van der Waals surface area contributed by atoms with Crippen LogP contribution in [0.1, 0.15) is 15.9 Å². The predicted molar refractivity (Wildman–Crippen MR) is 77.1 cm³/mol. The topological polar surface area (TPSA) is 35.5 Å². The van der Waals surface area contributed by atoms with E-state index in [1.807, 2.05) is 0 Å². The van der Waals surface area contributed by atoms with Gasteiger partial charge in [0.2, 0.25) is 0 Å². The molecule has 2 rings (SSSR count). The number of ether oxygens (including phenoxy) is 2. The Labute approximate surface area is 124 Å². The lowest BCUT2D eigenvalue weighted by Crippen LogP contribution is -2.06. The van der Waals surface area contributed by atoms with Crippen molar-refractivity contribution in [2.24, 2.45) is 0 Å². The highest BCUT2D eigenvalue weighted by Crippen LogP contribution is 2.29. The number of methoxy groups -OCH3 is 2. The molecule has 0 fully saturated rings. The SMILES string of the molecule is COc1ccc(C(=O)c2cccc(F)c2Br)c(OC)c1. The van der Waals surface area contributed by atoms with Crippen LogP contribution < -0.4 is 9.47 Å². The molecule has 5 heteroatoms. The summed E-state index contributed by atoms with van der Waals surface area (Å²) in [5.41, 5.74) is 0.591. The van der Waals surface area contributed by atoms with Gasteiger partial charge in [-0.3, -0.25) is 4.79 Å². The fourth-order valence-corrected chi connectivity index (χ4v) is 2.25. The van der Waals surface area contributed by atoms with Crippen molar-refractivity contribution in [2.75, 3.05) is 14.2 Å². The maximum Gasteiger partial charge on any atom is 0.197 e. The van der Waals surface area contributed by atoms with Gasteiger partial charge in [0.15, 0.2) is 5.78 Å². The van der Waals surface area contributed by atoms with Crippen LogP contribution in [0.25, 0.3) is 0 Å². The number of hydrogen-bond donors (Lipinski definition) is 0. The Hall–Kier alpha value is -1.88. The number of hydrogen-bond acceptors (Lipinski definition) is 3. The van der Waals surface area contributed by atoms with Gasteiger partial charge >= 0.3 is 0 Å². The van der Waals surface area contributed by atoms with Crippen LogP contribution in [-0.2, 0) is 0 Å². The van der Waals surface area contributed by atoms with Crippen LogP contribution in [0.5, 0.6) is 11.5 Å². The monoisotopic (exact) mass is 338 g/mol. The standard InChI is InChI=1S/C15H12BrFO3/c1-19-9-6-7-10(13(8-9)20-2)15(18)11-4-3-5-12(17)14(11)16/h3-8H,1-2H3. The average molecular weight is 339 g/mol. The molecule has 0 aromatic heterocycles. The molecule has 0 saturated heterocycles. The van der Waals surface area contributed by atoms with Gasteiger partial charge in [0.05, 0.1) is 24.3 Å². The first-order valence-corrected chi connectivity index (χ1v) is 6.58. The van der Waals surface area contributed by atoms with Crippen molar-refractivity contribution < 1.29 is 18.7 Å². The average Bonchev–Trinajstić information content (AvgIpc) is 2.48. The van der Waals surface area contributed by atoms with Crippen LogP contribution in [0, 0.1) is 5.82 Å². The van der Waals surface area contributed by atoms with E-state index in [0.29, 0.717) is 17.1 Å². The molecule has 2 aromatic rings. The van der Waals surface area contributed by atoms with Gasteiger partial charge in [0.1, 0.15) is 17.3 Å². The highest BCUT2D eigenvalue weighted by molar-refractivity contribution is 9.10. The van der Waals surface area contributed by atoms with E-state index in [1.165, 1.54) is 26.4 Å². The Morgan fingerprint density at radius 2 is 1.85 bits per heavy atom. The molecule has 0 N–H and O–H groups in total. The van der Waals surface area contributed by atoms with E-state index in [1.54, 1.807) is 24.3 Å². The fraction of sp³-hybridized carbons (Fsp3) is 0.133. The Kier molecular flexibility index (Phi) is 4.39. The molecule has 20 heavy (non-hydrogen) atoms. The second-order valence-electron chi connectivity index (χ2n) is 4.00. The summed E-state index contributed by atoms with van der Waals surface area (Å²) in [6, 6.07) is 9.19. The first-order chi connectivity index (χ1) is 9.58. The summed E-state index contributed by atoms with van der Waals surface area (Å²) in [5, 5.41) is 0. The van der Waals surface area contributed by atoms with Gasteiger partial charge in [-0.1, -0.05) is 6.07 Å². The number of rotatable bonds is 4. The van der Waals surface area contributed by atoms with Gasteiger partial charge in [-0.25, -0.2) is 4.39 Å². The van der Waals surface area contributed by atoms with Crippen molar-refractivity contribution in [3.63, 3.8) is 0 Å². The zero-order valence-corrected chi connectivity index (χ0v) is 12.5. The summed E-state index contributed by atoms with van der Waals surface area (Å²) >= 11 is 3.09. The van der Waals surface area contributed by atoms with E-state index in [-0.39, 0.29) is 15.8 Å². The smallest absolute Gasteiger partial charge is 0.197 e. The van der Waals surface area contributed by atoms with Crippen LogP contribution in [-0.4, -0.2) is 20.0 Å². The number of carbonyl (C=O) groups excluding carboxylic acids is 1. The summed E-state index contributed by atoms with van der Waals surface area (Å²) in [6.07, 6.45) is 0. The van der Waals surface area contributed by atoms with Crippen molar-refractivity contribution in [1.29, 1.82) is 0 Å². The van der Waals surface area contributed by atoms with Gasteiger partial charge in [-0.05, 0) is 40.2 Å². The van der Waals surface area contributed by atoms with Gasteiger partial charge in [0.25, 0.3) is 0 Å². The maximum absolute atomic E-state index is 13.5. The van der Waals surface area contributed by atoms with E-state index >= 15 is 0 Å². The fourth-order valence-electron chi connectivity index (χ4n) is 1.81. The molecule has 0 saturated carbocycles. The second kappa shape index (κ2) is 6.05. The Morgan fingerprint density at radius 3 is 2.50 bits per heavy atom. The van der Waals surface area contributed by atoms with Crippen LogP contribution in [0.15, 0.2) is 40.9 Å². The second-order valence-corrected chi connectivity index (χ2v) is 4.79.